The van der Waals surface area contributed by atoms with E-state index >= 15 is 0 Å². The van der Waals surface area contributed by atoms with Crippen LogP contribution in [0.15, 0.2) is 85.0 Å². The molecule has 0 amide bonds. The van der Waals surface area contributed by atoms with Crippen LogP contribution in [0.1, 0.15) is 102 Å². The van der Waals surface area contributed by atoms with Gasteiger partial charge in [-0.05, 0) is 49.7 Å². The van der Waals surface area contributed by atoms with Crippen LogP contribution in [-0.2, 0) is 27.4 Å². The van der Waals surface area contributed by atoms with Crippen molar-refractivity contribution in [1.82, 2.24) is 0 Å². The van der Waals surface area contributed by atoms with Crippen molar-refractivity contribution in [3.8, 4) is 0 Å². The van der Waals surface area contributed by atoms with Crippen molar-refractivity contribution < 1.29 is 14.2 Å². The molecule has 0 atom stereocenters. The average molecular weight is 509 g/mol. The van der Waals surface area contributed by atoms with E-state index in [1.807, 2.05) is 60.7 Å². The highest BCUT2D eigenvalue weighted by Crippen LogP contribution is 2.10. The Morgan fingerprint density at radius 1 is 0.486 bits per heavy atom. The van der Waals surface area contributed by atoms with Crippen molar-refractivity contribution in [2.75, 3.05) is 13.6 Å². The standard InChI is InChI=1S/C18H34.C16H18O3/c1-3-5-7-9-11-13-15-17-18-16-14-12-10-8-6-4-2;1-3-7-15(8-4-1)11-17-13-19-14-18-12-16-9-5-2-6-10-16/h5,7,10,12H,3-4,6,8-9,11,13-18H2,1-2H3;1-10H,11-14H2/b7-5+,12-10+;. The Bertz CT molecular complexity index is 712. The number of rotatable bonds is 21. The van der Waals surface area contributed by atoms with Gasteiger partial charge >= 0.3 is 0 Å². The minimum atomic E-state index is 0.240. The third kappa shape index (κ3) is 22.7. The first kappa shape index (κ1) is 32.8. The molecule has 0 aliphatic rings. The molecule has 2 rings (SSSR count). The lowest BCUT2D eigenvalue weighted by Crippen LogP contribution is -2.04. The van der Waals surface area contributed by atoms with Crippen LogP contribution in [-0.4, -0.2) is 13.6 Å². The topological polar surface area (TPSA) is 27.7 Å². The zero-order chi connectivity index (χ0) is 26.5. The lowest BCUT2D eigenvalue weighted by molar-refractivity contribution is -0.139. The summed E-state index contributed by atoms with van der Waals surface area (Å²) in [5.41, 5.74) is 2.27. The van der Waals surface area contributed by atoms with Crippen LogP contribution in [0, 0.1) is 0 Å². The zero-order valence-corrected chi connectivity index (χ0v) is 23.6. The Kier molecular flexibility index (Phi) is 23.8. The summed E-state index contributed by atoms with van der Waals surface area (Å²) >= 11 is 0. The second-order valence-corrected chi connectivity index (χ2v) is 9.30. The number of hydrogen-bond acceptors (Lipinski definition) is 3. The predicted molar refractivity (Wildman–Crippen MR) is 158 cm³/mol. The average Bonchev–Trinajstić information content (AvgIpc) is 2.94. The monoisotopic (exact) mass is 508 g/mol. The maximum Gasteiger partial charge on any atom is 0.150 e. The second kappa shape index (κ2) is 26.9. The fourth-order valence-corrected chi connectivity index (χ4v) is 3.69. The van der Waals surface area contributed by atoms with Gasteiger partial charge in [0.15, 0.2) is 0 Å². The summed E-state index contributed by atoms with van der Waals surface area (Å²) in [4.78, 5) is 0. The number of allylic oxidation sites excluding steroid dienone is 4. The maximum absolute atomic E-state index is 5.37. The molecule has 0 aliphatic heterocycles. The van der Waals surface area contributed by atoms with Crippen LogP contribution in [0.2, 0.25) is 0 Å². The molecule has 206 valence electrons. The SMILES string of the molecule is CC/C=C/CCCCCCCC/C=C/CCCC.c1ccc(COCOCOCc2ccccc2)cc1. The van der Waals surface area contributed by atoms with E-state index in [9.17, 15) is 0 Å². The van der Waals surface area contributed by atoms with Crippen molar-refractivity contribution in [1.29, 1.82) is 0 Å². The summed E-state index contributed by atoms with van der Waals surface area (Å²) in [6.45, 7) is 6.05. The molecule has 37 heavy (non-hydrogen) atoms. The van der Waals surface area contributed by atoms with Gasteiger partial charge in [-0.15, -0.1) is 0 Å². The molecular formula is C34H52O3. The molecule has 0 saturated carbocycles. The Hall–Kier alpha value is -2.20. The van der Waals surface area contributed by atoms with Gasteiger partial charge in [-0.1, -0.05) is 137 Å². The molecule has 0 aromatic heterocycles. The molecule has 0 bridgehead atoms. The quantitative estimate of drug-likeness (QED) is 0.0953. The summed E-state index contributed by atoms with van der Waals surface area (Å²) in [5.74, 6) is 0. The Morgan fingerprint density at radius 3 is 1.38 bits per heavy atom. The zero-order valence-electron chi connectivity index (χ0n) is 23.6. The van der Waals surface area contributed by atoms with E-state index < -0.39 is 0 Å². The summed E-state index contributed by atoms with van der Waals surface area (Å²) < 4.78 is 16.0. The number of benzene rings is 2. The molecule has 0 unspecified atom stereocenters. The molecule has 0 spiro atoms. The van der Waals surface area contributed by atoms with Crippen molar-refractivity contribution >= 4 is 0 Å². The predicted octanol–water partition coefficient (Wildman–Crippen LogP) is 10.2. The van der Waals surface area contributed by atoms with Crippen LogP contribution < -0.4 is 0 Å². The summed E-state index contributed by atoms with van der Waals surface area (Å²) in [5, 5.41) is 0. The summed E-state index contributed by atoms with van der Waals surface area (Å²) in [6, 6.07) is 20.0. The van der Waals surface area contributed by atoms with Gasteiger partial charge in [0.25, 0.3) is 0 Å². The molecule has 0 heterocycles. The Morgan fingerprint density at radius 2 is 0.919 bits per heavy atom. The molecule has 2 aromatic rings. The minimum Gasteiger partial charge on any atom is -0.351 e. The third-order valence-corrected chi connectivity index (χ3v) is 5.84. The van der Waals surface area contributed by atoms with Crippen LogP contribution in [0.3, 0.4) is 0 Å². The molecule has 3 heteroatoms. The van der Waals surface area contributed by atoms with Crippen LogP contribution in [0.25, 0.3) is 0 Å². The number of unbranched alkanes of at least 4 members (excludes halogenated alkanes) is 9. The van der Waals surface area contributed by atoms with E-state index in [0.29, 0.717) is 13.2 Å². The fraction of sp³-hybridized carbons (Fsp3) is 0.529. The van der Waals surface area contributed by atoms with Gasteiger partial charge < -0.3 is 14.2 Å². The fourth-order valence-electron chi connectivity index (χ4n) is 3.69. The molecular weight excluding hydrogens is 456 g/mol. The number of ether oxygens (including phenoxy) is 3. The van der Waals surface area contributed by atoms with Gasteiger partial charge in [0.2, 0.25) is 0 Å². The van der Waals surface area contributed by atoms with Gasteiger partial charge in [-0.3, -0.25) is 0 Å². The first-order valence-electron chi connectivity index (χ1n) is 14.5. The van der Waals surface area contributed by atoms with E-state index in [-0.39, 0.29) is 13.6 Å². The van der Waals surface area contributed by atoms with E-state index in [0.717, 1.165) is 11.1 Å². The lowest BCUT2D eigenvalue weighted by atomic mass is 10.1. The van der Waals surface area contributed by atoms with E-state index in [4.69, 9.17) is 14.2 Å². The van der Waals surface area contributed by atoms with Gasteiger partial charge in [-0.2, -0.15) is 0 Å². The lowest BCUT2D eigenvalue weighted by Gasteiger charge is -2.07. The van der Waals surface area contributed by atoms with Crippen molar-refractivity contribution in [3.63, 3.8) is 0 Å². The van der Waals surface area contributed by atoms with Crippen molar-refractivity contribution in [2.45, 2.75) is 104 Å². The maximum atomic E-state index is 5.37. The Labute approximate surface area is 227 Å². The van der Waals surface area contributed by atoms with E-state index in [1.54, 1.807) is 0 Å². The molecule has 0 aliphatic carbocycles. The first-order valence-corrected chi connectivity index (χ1v) is 14.5. The molecule has 0 saturated heterocycles. The number of hydrogen-bond donors (Lipinski definition) is 0. The summed E-state index contributed by atoms with van der Waals surface area (Å²) in [7, 11) is 0. The van der Waals surface area contributed by atoms with E-state index in [2.05, 4.69) is 38.2 Å². The van der Waals surface area contributed by atoms with Gasteiger partial charge in [0.05, 0.1) is 13.2 Å². The molecule has 2 aromatic carbocycles. The highest BCUT2D eigenvalue weighted by Gasteiger charge is 1.94. The van der Waals surface area contributed by atoms with Crippen LogP contribution >= 0.6 is 0 Å². The van der Waals surface area contributed by atoms with Gasteiger partial charge in [0.1, 0.15) is 13.6 Å². The van der Waals surface area contributed by atoms with Crippen LogP contribution in [0.5, 0.6) is 0 Å². The molecule has 0 fully saturated rings. The smallest absolute Gasteiger partial charge is 0.150 e. The van der Waals surface area contributed by atoms with Gasteiger partial charge in [0, 0.05) is 0 Å². The molecule has 3 nitrogen and oxygen atoms in total. The molecule has 0 N–H and O–H groups in total. The highest BCUT2D eigenvalue weighted by molar-refractivity contribution is 5.14. The van der Waals surface area contributed by atoms with Crippen molar-refractivity contribution in [2.24, 2.45) is 0 Å². The first-order chi connectivity index (χ1) is 18.4. The van der Waals surface area contributed by atoms with E-state index in [1.165, 1.54) is 77.0 Å². The second-order valence-electron chi connectivity index (χ2n) is 9.30. The van der Waals surface area contributed by atoms with Crippen LogP contribution in [0.4, 0.5) is 0 Å². The summed E-state index contributed by atoms with van der Waals surface area (Å²) in [6.07, 6.45) is 25.5. The normalized spacial score (nSPS) is 11.2. The Balaban J connectivity index is 0.000000371. The van der Waals surface area contributed by atoms with Crippen molar-refractivity contribution in [3.05, 3.63) is 96.1 Å². The highest BCUT2D eigenvalue weighted by atomic mass is 16.7. The molecule has 0 radical (unpaired) electrons. The largest absolute Gasteiger partial charge is 0.351 e. The minimum absolute atomic E-state index is 0.240. The third-order valence-electron chi connectivity index (χ3n) is 5.84. The van der Waals surface area contributed by atoms with Gasteiger partial charge in [-0.25, -0.2) is 0 Å².